The quantitative estimate of drug-likeness (QED) is 0.894. The van der Waals surface area contributed by atoms with Gasteiger partial charge < -0.3 is 10.0 Å². The first-order valence-corrected chi connectivity index (χ1v) is 6.86. The van der Waals surface area contributed by atoms with Crippen molar-refractivity contribution in [2.75, 3.05) is 24.0 Å². The van der Waals surface area contributed by atoms with Crippen molar-refractivity contribution in [2.24, 2.45) is 0 Å². The summed E-state index contributed by atoms with van der Waals surface area (Å²) >= 11 is 7.51. The minimum absolute atomic E-state index is 0.104. The Hall–Kier alpha value is -0.940. The molecule has 6 heteroatoms. The molecule has 0 aliphatic carbocycles. The second-order valence-corrected chi connectivity index (χ2v) is 5.04. The molecule has 0 amide bonds. The minimum atomic E-state index is -1.11. The molecule has 0 aliphatic rings. The van der Waals surface area contributed by atoms with Crippen molar-refractivity contribution in [1.29, 1.82) is 0 Å². The third kappa shape index (κ3) is 3.51. The smallest absolute Gasteiger partial charge is 0.356 e. The second-order valence-electron chi connectivity index (χ2n) is 3.72. The van der Waals surface area contributed by atoms with Crippen molar-refractivity contribution < 1.29 is 9.90 Å². The van der Waals surface area contributed by atoms with Gasteiger partial charge in [-0.1, -0.05) is 11.6 Å². The number of rotatable bonds is 5. The lowest BCUT2D eigenvalue weighted by atomic mass is 10.3. The predicted molar refractivity (Wildman–Crippen MR) is 72.5 cm³/mol. The van der Waals surface area contributed by atoms with Crippen molar-refractivity contribution >= 4 is 35.1 Å². The first-order chi connectivity index (χ1) is 7.97. The van der Waals surface area contributed by atoms with Crippen LogP contribution in [0.5, 0.6) is 0 Å². The number of thioether (sulfide) groups is 1. The number of hydrogen-bond donors (Lipinski definition) is 1. The van der Waals surface area contributed by atoms with Gasteiger partial charge in [0.25, 0.3) is 0 Å². The van der Waals surface area contributed by atoms with Crippen LogP contribution in [-0.4, -0.2) is 41.2 Å². The minimum Gasteiger partial charge on any atom is -0.476 e. The number of nitrogens with zero attached hydrogens (tertiary/aromatic N) is 2. The molecular weight excluding hydrogens is 260 g/mol. The van der Waals surface area contributed by atoms with E-state index in [0.717, 1.165) is 5.75 Å². The van der Waals surface area contributed by atoms with Gasteiger partial charge in [-0.15, -0.1) is 0 Å². The number of carboxylic acid groups (broad SMARTS) is 1. The van der Waals surface area contributed by atoms with E-state index in [4.69, 9.17) is 16.7 Å². The van der Waals surface area contributed by atoms with Crippen LogP contribution >= 0.6 is 23.4 Å². The molecule has 94 valence electrons. The van der Waals surface area contributed by atoms with Crippen LogP contribution in [0.15, 0.2) is 12.1 Å². The van der Waals surface area contributed by atoms with E-state index in [0.29, 0.717) is 5.82 Å². The normalized spacial score (nSPS) is 12.2. The summed E-state index contributed by atoms with van der Waals surface area (Å²) in [7, 11) is 1.89. The third-order valence-electron chi connectivity index (χ3n) is 2.46. The summed E-state index contributed by atoms with van der Waals surface area (Å²) in [6.45, 7) is 2.06. The van der Waals surface area contributed by atoms with Crippen LogP contribution in [0.25, 0.3) is 0 Å². The molecule has 1 aromatic heterocycles. The van der Waals surface area contributed by atoms with Crippen LogP contribution in [0.3, 0.4) is 0 Å². The molecule has 1 unspecified atom stereocenters. The van der Waals surface area contributed by atoms with Crippen molar-refractivity contribution in [3.8, 4) is 0 Å². The Balaban J connectivity index is 2.99. The summed E-state index contributed by atoms with van der Waals surface area (Å²) in [5.74, 6) is 0.458. The molecular formula is C11H15ClN2O2S. The fraction of sp³-hybridized carbons (Fsp3) is 0.455. The van der Waals surface area contributed by atoms with E-state index in [1.165, 1.54) is 0 Å². The number of halogens is 1. The molecule has 17 heavy (non-hydrogen) atoms. The van der Waals surface area contributed by atoms with Crippen molar-refractivity contribution in [3.63, 3.8) is 0 Å². The van der Waals surface area contributed by atoms with Crippen LogP contribution < -0.4 is 4.90 Å². The molecule has 0 aliphatic heterocycles. The highest BCUT2D eigenvalue weighted by atomic mass is 35.5. The van der Waals surface area contributed by atoms with Gasteiger partial charge in [0.15, 0.2) is 5.69 Å². The fourth-order valence-electron chi connectivity index (χ4n) is 1.36. The fourth-order valence-corrected chi connectivity index (χ4v) is 2.25. The number of carbonyl (C=O) groups is 1. The van der Waals surface area contributed by atoms with Gasteiger partial charge in [-0.05, 0) is 25.3 Å². The lowest BCUT2D eigenvalue weighted by Crippen LogP contribution is -2.31. The molecule has 1 rings (SSSR count). The first-order valence-electron chi connectivity index (χ1n) is 5.09. The lowest BCUT2D eigenvalue weighted by molar-refractivity contribution is 0.0691. The Bertz CT molecular complexity index is 414. The average molecular weight is 275 g/mol. The van der Waals surface area contributed by atoms with Gasteiger partial charge in [0.05, 0.1) is 5.02 Å². The summed E-state index contributed by atoms with van der Waals surface area (Å²) in [6.07, 6.45) is 2.03. The zero-order valence-electron chi connectivity index (χ0n) is 9.98. The predicted octanol–water partition coefficient (Wildman–Crippen LogP) is 2.62. The van der Waals surface area contributed by atoms with E-state index in [-0.39, 0.29) is 16.8 Å². The van der Waals surface area contributed by atoms with Gasteiger partial charge in [0.1, 0.15) is 5.82 Å². The monoisotopic (exact) mass is 274 g/mol. The summed E-state index contributed by atoms with van der Waals surface area (Å²) in [4.78, 5) is 16.9. The maximum absolute atomic E-state index is 10.9. The molecule has 1 atom stereocenters. The van der Waals surface area contributed by atoms with Gasteiger partial charge in [0, 0.05) is 18.8 Å². The molecule has 0 radical (unpaired) electrons. The van der Waals surface area contributed by atoms with Crippen molar-refractivity contribution in [3.05, 3.63) is 22.8 Å². The van der Waals surface area contributed by atoms with E-state index in [1.54, 1.807) is 23.9 Å². The Labute approximate surface area is 110 Å². The summed E-state index contributed by atoms with van der Waals surface area (Å²) in [5.41, 5.74) is -0.104. The van der Waals surface area contributed by atoms with Crippen molar-refractivity contribution in [2.45, 2.75) is 13.0 Å². The summed E-state index contributed by atoms with van der Waals surface area (Å²) < 4.78 is 0. The standard InChI is InChI=1S/C11H15ClN2O2S/c1-7(6-17-3)14(2)9-5-4-8(12)10(13-9)11(15)16/h4-5,7H,6H2,1-3H3,(H,15,16). The SMILES string of the molecule is CSCC(C)N(C)c1ccc(Cl)c(C(=O)O)n1. The molecule has 0 saturated carbocycles. The highest BCUT2D eigenvalue weighted by Crippen LogP contribution is 2.20. The van der Waals surface area contributed by atoms with E-state index in [1.807, 2.05) is 18.2 Å². The van der Waals surface area contributed by atoms with E-state index in [9.17, 15) is 4.79 Å². The number of aromatic carboxylic acids is 1. The molecule has 0 aromatic carbocycles. The molecule has 0 saturated heterocycles. The van der Waals surface area contributed by atoms with E-state index >= 15 is 0 Å². The molecule has 0 bridgehead atoms. The molecule has 1 N–H and O–H groups in total. The number of carboxylic acids is 1. The molecule has 1 heterocycles. The van der Waals surface area contributed by atoms with Crippen LogP contribution in [-0.2, 0) is 0 Å². The maximum Gasteiger partial charge on any atom is 0.356 e. The first kappa shape index (κ1) is 14.1. The third-order valence-corrected chi connectivity index (χ3v) is 3.59. The van der Waals surface area contributed by atoms with Gasteiger partial charge in [-0.25, -0.2) is 9.78 Å². The number of pyridine rings is 1. The zero-order chi connectivity index (χ0) is 13.0. The van der Waals surface area contributed by atoms with Crippen LogP contribution in [0.4, 0.5) is 5.82 Å². The average Bonchev–Trinajstić information content (AvgIpc) is 2.28. The highest BCUT2D eigenvalue weighted by Gasteiger charge is 2.15. The Morgan fingerprint density at radius 2 is 2.29 bits per heavy atom. The maximum atomic E-state index is 10.9. The van der Waals surface area contributed by atoms with E-state index < -0.39 is 5.97 Å². The Morgan fingerprint density at radius 3 is 2.82 bits per heavy atom. The van der Waals surface area contributed by atoms with Crippen LogP contribution in [0.1, 0.15) is 17.4 Å². The zero-order valence-corrected chi connectivity index (χ0v) is 11.5. The Kier molecular flexibility index (Phi) is 5.08. The lowest BCUT2D eigenvalue weighted by Gasteiger charge is -2.25. The van der Waals surface area contributed by atoms with Gasteiger partial charge in [-0.3, -0.25) is 0 Å². The molecule has 0 spiro atoms. The summed E-state index contributed by atoms with van der Waals surface area (Å²) in [6, 6.07) is 3.57. The number of aromatic nitrogens is 1. The number of hydrogen-bond acceptors (Lipinski definition) is 4. The highest BCUT2D eigenvalue weighted by molar-refractivity contribution is 7.98. The Morgan fingerprint density at radius 1 is 1.65 bits per heavy atom. The van der Waals surface area contributed by atoms with Gasteiger partial charge in [-0.2, -0.15) is 11.8 Å². The molecule has 4 nitrogen and oxygen atoms in total. The van der Waals surface area contributed by atoms with Crippen LogP contribution in [0, 0.1) is 0 Å². The van der Waals surface area contributed by atoms with E-state index in [2.05, 4.69) is 11.9 Å². The molecule has 1 aromatic rings. The molecule has 0 fully saturated rings. The largest absolute Gasteiger partial charge is 0.476 e. The van der Waals surface area contributed by atoms with Crippen molar-refractivity contribution in [1.82, 2.24) is 4.98 Å². The van der Waals surface area contributed by atoms with Gasteiger partial charge >= 0.3 is 5.97 Å². The summed E-state index contributed by atoms with van der Waals surface area (Å²) in [5, 5.41) is 9.10. The topological polar surface area (TPSA) is 53.4 Å². The number of anilines is 1. The second kappa shape index (κ2) is 6.12. The van der Waals surface area contributed by atoms with Crippen LogP contribution in [0.2, 0.25) is 5.02 Å². The van der Waals surface area contributed by atoms with Gasteiger partial charge in [0.2, 0.25) is 0 Å².